The maximum absolute atomic E-state index is 13.0. The Morgan fingerprint density at radius 3 is 2.17 bits per heavy atom. The van der Waals surface area contributed by atoms with Crippen LogP contribution < -0.4 is 10.6 Å². The first-order valence-corrected chi connectivity index (χ1v) is 8.46. The van der Waals surface area contributed by atoms with E-state index in [2.05, 4.69) is 20.8 Å². The standard InChI is InChI=1S/C17H14ClF3N6O2/c1-26-7-6-11(24-26)15(28)22-9-4-3-5-10(8-9)23-16(29)13-12(18)14(17(19,20)21)27(2)25-13/h3-8H,1-2H3,(H,22,28)(H,23,29). The van der Waals surface area contributed by atoms with Gasteiger partial charge in [0, 0.05) is 31.7 Å². The van der Waals surface area contributed by atoms with Gasteiger partial charge < -0.3 is 10.6 Å². The van der Waals surface area contributed by atoms with Crippen molar-refractivity contribution < 1.29 is 22.8 Å². The number of benzene rings is 1. The van der Waals surface area contributed by atoms with E-state index in [1.807, 2.05) is 0 Å². The lowest BCUT2D eigenvalue weighted by atomic mass is 10.2. The van der Waals surface area contributed by atoms with Crippen LogP contribution >= 0.6 is 11.6 Å². The molecule has 0 unspecified atom stereocenters. The third kappa shape index (κ3) is 4.40. The molecule has 3 rings (SSSR count). The van der Waals surface area contributed by atoms with E-state index in [-0.39, 0.29) is 11.4 Å². The highest BCUT2D eigenvalue weighted by atomic mass is 35.5. The Morgan fingerprint density at radius 2 is 1.66 bits per heavy atom. The molecular formula is C17H14ClF3N6O2. The maximum atomic E-state index is 13.0. The molecular weight excluding hydrogens is 413 g/mol. The number of rotatable bonds is 4. The molecule has 29 heavy (non-hydrogen) atoms. The normalized spacial score (nSPS) is 11.4. The average molecular weight is 427 g/mol. The fourth-order valence-corrected chi connectivity index (χ4v) is 2.90. The Morgan fingerprint density at radius 1 is 1.03 bits per heavy atom. The van der Waals surface area contributed by atoms with Crippen LogP contribution in [0.25, 0.3) is 0 Å². The first kappa shape index (κ1) is 20.4. The van der Waals surface area contributed by atoms with E-state index in [1.54, 1.807) is 25.4 Å². The first-order chi connectivity index (χ1) is 13.6. The minimum atomic E-state index is -4.76. The Kier molecular flexibility index (Phi) is 5.33. The summed E-state index contributed by atoms with van der Waals surface area (Å²) >= 11 is 5.72. The lowest BCUT2D eigenvalue weighted by Gasteiger charge is -2.08. The number of carbonyl (C=O) groups is 2. The van der Waals surface area contributed by atoms with Crippen molar-refractivity contribution in [2.24, 2.45) is 14.1 Å². The molecule has 0 aliphatic heterocycles. The zero-order valence-corrected chi connectivity index (χ0v) is 15.8. The number of anilines is 2. The van der Waals surface area contributed by atoms with Crippen LogP contribution in [-0.4, -0.2) is 31.4 Å². The Bertz CT molecular complexity index is 1090. The van der Waals surface area contributed by atoms with Crippen molar-refractivity contribution in [2.45, 2.75) is 6.18 Å². The highest BCUT2D eigenvalue weighted by Crippen LogP contribution is 2.36. The van der Waals surface area contributed by atoms with E-state index >= 15 is 0 Å². The fourth-order valence-electron chi connectivity index (χ4n) is 2.55. The van der Waals surface area contributed by atoms with E-state index < -0.39 is 34.4 Å². The molecule has 0 spiro atoms. The predicted molar refractivity (Wildman–Crippen MR) is 98.8 cm³/mol. The van der Waals surface area contributed by atoms with Gasteiger partial charge in [0.05, 0.1) is 0 Å². The van der Waals surface area contributed by atoms with Crippen molar-refractivity contribution in [3.8, 4) is 0 Å². The molecule has 12 heteroatoms. The molecule has 0 saturated heterocycles. The number of nitrogens with zero attached hydrogens (tertiary/aromatic N) is 4. The quantitative estimate of drug-likeness (QED) is 0.669. The molecule has 2 aromatic heterocycles. The van der Waals surface area contributed by atoms with Gasteiger partial charge in [0.2, 0.25) is 0 Å². The number of alkyl halides is 3. The zero-order valence-electron chi connectivity index (χ0n) is 15.1. The molecule has 0 radical (unpaired) electrons. The summed E-state index contributed by atoms with van der Waals surface area (Å²) in [5, 5.41) is 11.8. The van der Waals surface area contributed by atoms with E-state index in [4.69, 9.17) is 11.6 Å². The van der Waals surface area contributed by atoms with Crippen LogP contribution in [0, 0.1) is 0 Å². The van der Waals surface area contributed by atoms with E-state index in [0.29, 0.717) is 10.4 Å². The van der Waals surface area contributed by atoms with E-state index in [0.717, 1.165) is 7.05 Å². The number of hydrogen-bond acceptors (Lipinski definition) is 4. The Hall–Kier alpha value is -3.34. The van der Waals surface area contributed by atoms with Crippen LogP contribution in [-0.2, 0) is 20.3 Å². The van der Waals surface area contributed by atoms with Gasteiger partial charge in [-0.25, -0.2) is 0 Å². The molecule has 0 aliphatic carbocycles. The molecule has 8 nitrogen and oxygen atoms in total. The van der Waals surface area contributed by atoms with Crippen molar-refractivity contribution in [2.75, 3.05) is 10.6 Å². The van der Waals surface area contributed by atoms with Crippen molar-refractivity contribution in [3.05, 3.63) is 58.6 Å². The van der Waals surface area contributed by atoms with Crippen molar-refractivity contribution >= 4 is 34.8 Å². The lowest BCUT2D eigenvalue weighted by Crippen LogP contribution is -2.15. The van der Waals surface area contributed by atoms with Crippen LogP contribution in [0.2, 0.25) is 5.02 Å². The number of amides is 2. The lowest BCUT2D eigenvalue weighted by molar-refractivity contribution is -0.143. The van der Waals surface area contributed by atoms with Crippen LogP contribution in [0.15, 0.2) is 36.5 Å². The minimum absolute atomic E-state index is 0.196. The maximum Gasteiger partial charge on any atom is 0.434 e. The smallest absolute Gasteiger partial charge is 0.321 e. The minimum Gasteiger partial charge on any atom is -0.321 e. The second-order valence-corrected chi connectivity index (χ2v) is 6.37. The summed E-state index contributed by atoms with van der Waals surface area (Å²) in [6.07, 6.45) is -3.15. The molecule has 2 heterocycles. The summed E-state index contributed by atoms with van der Waals surface area (Å²) < 4.78 is 41.0. The number of nitrogens with one attached hydrogen (secondary N) is 2. The first-order valence-electron chi connectivity index (χ1n) is 8.08. The highest BCUT2D eigenvalue weighted by Gasteiger charge is 2.40. The number of halogens is 4. The number of carbonyl (C=O) groups excluding carboxylic acids is 2. The summed E-state index contributed by atoms with van der Waals surface area (Å²) in [5.74, 6) is -1.38. The third-order valence-corrected chi connectivity index (χ3v) is 4.16. The van der Waals surface area contributed by atoms with Crippen LogP contribution in [0.5, 0.6) is 0 Å². The molecule has 1 aromatic carbocycles. The monoisotopic (exact) mass is 426 g/mol. The summed E-state index contributed by atoms with van der Waals surface area (Å²) in [7, 11) is 2.71. The van der Waals surface area contributed by atoms with Gasteiger partial charge in [-0.3, -0.25) is 19.0 Å². The Labute approximate surface area is 167 Å². The van der Waals surface area contributed by atoms with Gasteiger partial charge in [-0.05, 0) is 24.3 Å². The van der Waals surface area contributed by atoms with E-state index in [1.165, 1.54) is 22.9 Å². The van der Waals surface area contributed by atoms with Gasteiger partial charge in [0.25, 0.3) is 11.8 Å². The second-order valence-electron chi connectivity index (χ2n) is 6.00. The van der Waals surface area contributed by atoms with E-state index in [9.17, 15) is 22.8 Å². The van der Waals surface area contributed by atoms with Crippen molar-refractivity contribution in [3.63, 3.8) is 0 Å². The predicted octanol–water partition coefficient (Wildman–Crippen LogP) is 3.33. The highest BCUT2D eigenvalue weighted by molar-refractivity contribution is 6.34. The van der Waals surface area contributed by atoms with Crippen molar-refractivity contribution in [1.82, 2.24) is 19.6 Å². The molecule has 0 atom stereocenters. The van der Waals surface area contributed by atoms with Gasteiger partial charge >= 0.3 is 6.18 Å². The van der Waals surface area contributed by atoms with Gasteiger partial charge in [-0.2, -0.15) is 23.4 Å². The van der Waals surface area contributed by atoms with Gasteiger partial charge in [-0.15, -0.1) is 0 Å². The molecule has 0 saturated carbocycles. The van der Waals surface area contributed by atoms with Crippen LogP contribution in [0.4, 0.5) is 24.5 Å². The van der Waals surface area contributed by atoms with Crippen LogP contribution in [0.3, 0.4) is 0 Å². The molecule has 0 aliphatic rings. The summed E-state index contributed by atoms with van der Waals surface area (Å²) in [5.41, 5.74) is -1.02. The second kappa shape index (κ2) is 7.59. The van der Waals surface area contributed by atoms with Gasteiger partial charge in [-0.1, -0.05) is 17.7 Å². The van der Waals surface area contributed by atoms with Gasteiger partial charge in [0.1, 0.15) is 5.02 Å². The SMILES string of the molecule is Cn1ccc(C(=O)Nc2cccc(NC(=O)c3nn(C)c(C(F)(F)F)c3Cl)c2)n1. The summed E-state index contributed by atoms with van der Waals surface area (Å²) in [4.78, 5) is 24.5. The molecule has 0 bridgehead atoms. The topological polar surface area (TPSA) is 93.8 Å². The average Bonchev–Trinajstić information content (AvgIpc) is 3.17. The van der Waals surface area contributed by atoms with Crippen molar-refractivity contribution in [1.29, 1.82) is 0 Å². The largest absolute Gasteiger partial charge is 0.434 e. The molecule has 2 N–H and O–H groups in total. The molecule has 3 aromatic rings. The number of aromatic nitrogens is 4. The third-order valence-electron chi connectivity index (χ3n) is 3.80. The van der Waals surface area contributed by atoms with Gasteiger partial charge in [0.15, 0.2) is 17.1 Å². The number of hydrogen-bond donors (Lipinski definition) is 2. The van der Waals surface area contributed by atoms with Crippen LogP contribution in [0.1, 0.15) is 26.7 Å². The Balaban J connectivity index is 1.77. The molecule has 152 valence electrons. The summed E-state index contributed by atoms with van der Waals surface area (Å²) in [6, 6.07) is 7.58. The zero-order chi connectivity index (χ0) is 21.3. The number of aryl methyl sites for hydroxylation is 2. The molecule has 0 fully saturated rings. The summed E-state index contributed by atoms with van der Waals surface area (Å²) in [6.45, 7) is 0. The molecule has 2 amide bonds. The fraction of sp³-hybridized carbons (Fsp3) is 0.176.